The largest absolute Gasteiger partial charge is 0.207 e. The first-order valence-electron chi connectivity index (χ1n) is 5.83. The van der Waals surface area contributed by atoms with Crippen molar-refractivity contribution < 1.29 is 4.39 Å². The smallest absolute Gasteiger partial charge is 0.123 e. The highest BCUT2D eigenvalue weighted by atomic mass is 28.3. The number of hydrogen-bond acceptors (Lipinski definition) is 0. The van der Waals surface area contributed by atoms with Gasteiger partial charge < -0.3 is 0 Å². The van der Waals surface area contributed by atoms with Crippen LogP contribution in [0, 0.1) is 5.82 Å². The van der Waals surface area contributed by atoms with Crippen molar-refractivity contribution in [2.45, 2.75) is 19.6 Å². The third kappa shape index (κ3) is 2.83. The Hall–Kier alpha value is -1.41. The highest BCUT2D eigenvalue weighted by Crippen LogP contribution is 2.19. The number of benzene rings is 2. The summed E-state index contributed by atoms with van der Waals surface area (Å²) < 4.78 is 12.8. The van der Waals surface area contributed by atoms with Gasteiger partial charge in [0, 0.05) is 0 Å². The van der Waals surface area contributed by atoms with Crippen LogP contribution < -0.4 is 5.19 Å². The maximum atomic E-state index is 12.8. The summed E-state index contributed by atoms with van der Waals surface area (Å²) in [6.45, 7) is 7.00. The van der Waals surface area contributed by atoms with E-state index in [1.54, 1.807) is 0 Å². The van der Waals surface area contributed by atoms with Crippen LogP contribution in [0.15, 0.2) is 48.5 Å². The Balaban J connectivity index is 2.33. The van der Waals surface area contributed by atoms with E-state index in [9.17, 15) is 4.39 Å². The molecule has 0 N–H and O–H groups in total. The van der Waals surface area contributed by atoms with Crippen molar-refractivity contribution in [2.24, 2.45) is 0 Å². The minimum Gasteiger partial charge on any atom is -0.207 e. The summed E-state index contributed by atoms with van der Waals surface area (Å²) in [5.41, 5.74) is 2.21. The molecule has 0 amide bonds. The fourth-order valence-electron chi connectivity index (χ4n) is 1.81. The first-order chi connectivity index (χ1) is 7.97. The SMILES string of the molecule is C[Si](C)(C)c1ccc(-c2ccc(F)cc2)cc1. The topological polar surface area (TPSA) is 0 Å². The minimum atomic E-state index is -1.23. The second-order valence-corrected chi connectivity index (χ2v) is 10.4. The molecule has 0 heterocycles. The standard InChI is InChI=1S/C15H17FSi/c1-17(2,3)15-10-6-13(7-11-15)12-4-8-14(16)9-5-12/h4-11H,1-3H3. The number of halogens is 1. The zero-order valence-electron chi connectivity index (χ0n) is 10.5. The van der Waals surface area contributed by atoms with Gasteiger partial charge in [0.1, 0.15) is 5.82 Å². The fraction of sp³-hybridized carbons (Fsp3) is 0.200. The molecule has 2 aromatic rings. The van der Waals surface area contributed by atoms with Gasteiger partial charge in [0.05, 0.1) is 8.07 Å². The predicted octanol–water partition coefficient (Wildman–Crippen LogP) is 4.04. The van der Waals surface area contributed by atoms with Gasteiger partial charge in [0.2, 0.25) is 0 Å². The van der Waals surface area contributed by atoms with Gasteiger partial charge in [-0.05, 0) is 23.3 Å². The molecule has 0 nitrogen and oxygen atoms in total. The molecule has 2 heteroatoms. The van der Waals surface area contributed by atoms with Crippen LogP contribution in [0.3, 0.4) is 0 Å². The molecule has 0 aliphatic rings. The van der Waals surface area contributed by atoms with Crippen molar-refractivity contribution in [2.75, 3.05) is 0 Å². The van der Waals surface area contributed by atoms with Gasteiger partial charge in [-0.2, -0.15) is 0 Å². The van der Waals surface area contributed by atoms with E-state index in [1.807, 2.05) is 12.1 Å². The normalized spacial score (nSPS) is 11.5. The molecule has 2 rings (SSSR count). The first kappa shape index (κ1) is 12.1. The van der Waals surface area contributed by atoms with Crippen LogP contribution in [0.2, 0.25) is 19.6 Å². The van der Waals surface area contributed by atoms with Gasteiger partial charge in [-0.3, -0.25) is 0 Å². The second kappa shape index (κ2) is 4.45. The Kier molecular flexibility index (Phi) is 3.16. The van der Waals surface area contributed by atoms with Crippen molar-refractivity contribution in [1.82, 2.24) is 0 Å². The third-order valence-electron chi connectivity index (χ3n) is 2.93. The summed E-state index contributed by atoms with van der Waals surface area (Å²) in [5, 5.41) is 1.45. The molecule has 0 saturated heterocycles. The Labute approximate surface area is 103 Å². The van der Waals surface area contributed by atoms with Gasteiger partial charge >= 0.3 is 0 Å². The van der Waals surface area contributed by atoms with Crippen LogP contribution >= 0.6 is 0 Å². The van der Waals surface area contributed by atoms with Gasteiger partial charge in [-0.1, -0.05) is 61.2 Å². The van der Waals surface area contributed by atoms with E-state index in [4.69, 9.17) is 0 Å². The van der Waals surface area contributed by atoms with Crippen molar-refractivity contribution >= 4 is 13.3 Å². The maximum Gasteiger partial charge on any atom is 0.123 e. The van der Waals surface area contributed by atoms with E-state index in [2.05, 4.69) is 43.9 Å². The van der Waals surface area contributed by atoms with E-state index in [0.717, 1.165) is 11.1 Å². The molecule has 0 saturated carbocycles. The number of hydrogen-bond donors (Lipinski definition) is 0. The molecule has 0 unspecified atom stereocenters. The molecule has 0 spiro atoms. The monoisotopic (exact) mass is 244 g/mol. The van der Waals surface area contributed by atoms with E-state index < -0.39 is 8.07 Å². The van der Waals surface area contributed by atoms with Crippen LogP contribution in [0.1, 0.15) is 0 Å². The molecule has 0 bridgehead atoms. The molecule has 0 radical (unpaired) electrons. The Morgan fingerprint density at radius 3 is 1.53 bits per heavy atom. The van der Waals surface area contributed by atoms with E-state index >= 15 is 0 Å². The molecule has 0 atom stereocenters. The lowest BCUT2D eigenvalue weighted by molar-refractivity contribution is 0.628. The predicted molar refractivity (Wildman–Crippen MR) is 74.8 cm³/mol. The van der Waals surface area contributed by atoms with Crippen LogP contribution in [0.5, 0.6) is 0 Å². The summed E-state index contributed by atoms with van der Waals surface area (Å²) in [7, 11) is -1.23. The van der Waals surface area contributed by atoms with Crippen molar-refractivity contribution in [3.05, 3.63) is 54.3 Å². The van der Waals surface area contributed by atoms with E-state index in [1.165, 1.54) is 17.3 Å². The minimum absolute atomic E-state index is 0.188. The van der Waals surface area contributed by atoms with Crippen LogP contribution in [-0.2, 0) is 0 Å². The molecule has 0 aliphatic carbocycles. The summed E-state index contributed by atoms with van der Waals surface area (Å²) >= 11 is 0. The zero-order chi connectivity index (χ0) is 12.5. The summed E-state index contributed by atoms with van der Waals surface area (Å²) in [5.74, 6) is -0.188. The molecular weight excluding hydrogens is 227 g/mol. The quantitative estimate of drug-likeness (QED) is 0.699. The van der Waals surface area contributed by atoms with Crippen molar-refractivity contribution in [3.63, 3.8) is 0 Å². The highest BCUT2D eigenvalue weighted by molar-refractivity contribution is 6.88. The second-order valence-electron chi connectivity index (χ2n) is 5.33. The lowest BCUT2D eigenvalue weighted by Crippen LogP contribution is -2.37. The summed E-state index contributed by atoms with van der Waals surface area (Å²) in [6, 6.07) is 15.3. The third-order valence-corrected chi connectivity index (χ3v) is 4.99. The van der Waals surface area contributed by atoms with Gasteiger partial charge in [-0.15, -0.1) is 0 Å². The Morgan fingerprint density at radius 1 is 0.706 bits per heavy atom. The Morgan fingerprint density at radius 2 is 1.12 bits per heavy atom. The Bertz CT molecular complexity index is 492. The molecule has 0 aliphatic heterocycles. The molecule has 17 heavy (non-hydrogen) atoms. The molecule has 0 aromatic heterocycles. The average molecular weight is 244 g/mol. The summed E-state index contributed by atoms with van der Waals surface area (Å²) in [4.78, 5) is 0. The zero-order valence-corrected chi connectivity index (χ0v) is 11.5. The summed E-state index contributed by atoms with van der Waals surface area (Å²) in [6.07, 6.45) is 0. The lowest BCUT2D eigenvalue weighted by Gasteiger charge is -2.16. The van der Waals surface area contributed by atoms with Gasteiger partial charge in [0.25, 0.3) is 0 Å². The lowest BCUT2D eigenvalue weighted by atomic mass is 10.1. The first-order valence-corrected chi connectivity index (χ1v) is 9.33. The van der Waals surface area contributed by atoms with E-state index in [-0.39, 0.29) is 5.82 Å². The maximum absolute atomic E-state index is 12.8. The van der Waals surface area contributed by atoms with Crippen molar-refractivity contribution in [3.8, 4) is 11.1 Å². The van der Waals surface area contributed by atoms with Crippen LogP contribution in [-0.4, -0.2) is 8.07 Å². The van der Waals surface area contributed by atoms with E-state index in [0.29, 0.717) is 0 Å². The van der Waals surface area contributed by atoms with Gasteiger partial charge in [-0.25, -0.2) is 4.39 Å². The highest BCUT2D eigenvalue weighted by Gasteiger charge is 2.15. The molecule has 2 aromatic carbocycles. The molecular formula is C15H17FSi. The van der Waals surface area contributed by atoms with Crippen LogP contribution in [0.4, 0.5) is 4.39 Å². The van der Waals surface area contributed by atoms with Crippen LogP contribution in [0.25, 0.3) is 11.1 Å². The van der Waals surface area contributed by atoms with Gasteiger partial charge in [0.15, 0.2) is 0 Å². The molecule has 88 valence electrons. The van der Waals surface area contributed by atoms with Crippen molar-refractivity contribution in [1.29, 1.82) is 0 Å². The average Bonchev–Trinajstić information content (AvgIpc) is 2.29. The number of rotatable bonds is 2. The molecule has 0 fully saturated rings. The fourth-order valence-corrected chi connectivity index (χ4v) is 2.97.